The molecule has 0 saturated carbocycles. The summed E-state index contributed by atoms with van der Waals surface area (Å²) in [5, 5.41) is 10.9. The maximum absolute atomic E-state index is 11.1. The van der Waals surface area contributed by atoms with Gasteiger partial charge in [-0.3, -0.25) is 0 Å². The Kier molecular flexibility index (Phi) is 5.07. The Balaban J connectivity index is 3.94. The Hall–Kier alpha value is -1.30. The molecule has 1 atom stereocenters. The average molecular weight is 219 g/mol. The molecule has 1 amide bonds. The van der Waals surface area contributed by atoms with Gasteiger partial charge < -0.3 is 19.9 Å². The van der Waals surface area contributed by atoms with Crippen molar-refractivity contribution in [2.75, 3.05) is 13.7 Å². The quantitative estimate of drug-likeness (QED) is 0.723. The van der Waals surface area contributed by atoms with Crippen LogP contribution >= 0.6 is 0 Å². The van der Waals surface area contributed by atoms with Crippen molar-refractivity contribution in [1.82, 2.24) is 5.32 Å². The number of methoxy groups -OCH3 is 1. The first-order valence-corrected chi connectivity index (χ1v) is 4.48. The summed E-state index contributed by atoms with van der Waals surface area (Å²) in [5.74, 6) is -1.13. The van der Waals surface area contributed by atoms with E-state index in [1.807, 2.05) is 0 Å². The topological polar surface area (TPSA) is 84.9 Å². The fourth-order valence-corrected chi connectivity index (χ4v) is 0.762. The van der Waals surface area contributed by atoms with Gasteiger partial charge in [-0.2, -0.15) is 0 Å². The van der Waals surface area contributed by atoms with Crippen molar-refractivity contribution in [3.8, 4) is 0 Å². The first-order valence-electron chi connectivity index (χ1n) is 4.48. The van der Waals surface area contributed by atoms with E-state index in [0.29, 0.717) is 0 Å². The number of ether oxygens (including phenoxy) is 2. The highest BCUT2D eigenvalue weighted by atomic mass is 16.6. The van der Waals surface area contributed by atoms with E-state index in [9.17, 15) is 9.59 Å². The number of rotatable bonds is 4. The van der Waals surface area contributed by atoms with Gasteiger partial charge in [0, 0.05) is 7.11 Å². The zero-order chi connectivity index (χ0) is 12.1. The Morgan fingerprint density at radius 3 is 2.27 bits per heavy atom. The molecule has 0 aliphatic carbocycles. The number of hydrogen-bond acceptors (Lipinski definition) is 4. The van der Waals surface area contributed by atoms with E-state index in [-0.39, 0.29) is 6.54 Å². The van der Waals surface area contributed by atoms with Crippen molar-refractivity contribution >= 4 is 12.1 Å². The van der Waals surface area contributed by atoms with Crippen LogP contribution < -0.4 is 5.32 Å². The first-order chi connectivity index (χ1) is 6.76. The van der Waals surface area contributed by atoms with Crippen molar-refractivity contribution < 1.29 is 24.2 Å². The predicted octanol–water partition coefficient (Wildman–Crippen LogP) is 0.611. The molecule has 0 radical (unpaired) electrons. The minimum Gasteiger partial charge on any atom is -0.479 e. The van der Waals surface area contributed by atoms with E-state index in [1.54, 1.807) is 20.8 Å². The lowest BCUT2D eigenvalue weighted by atomic mass is 10.2. The van der Waals surface area contributed by atoms with Crippen LogP contribution in [0.15, 0.2) is 0 Å². The molecule has 0 rings (SSSR count). The van der Waals surface area contributed by atoms with Gasteiger partial charge in [0.05, 0.1) is 6.54 Å². The molecule has 0 bridgehead atoms. The third-order valence-electron chi connectivity index (χ3n) is 1.39. The molecule has 0 aromatic carbocycles. The SMILES string of the molecule is COC(CNC(=O)OC(C)(C)C)C(=O)O. The summed E-state index contributed by atoms with van der Waals surface area (Å²) < 4.78 is 9.54. The van der Waals surface area contributed by atoms with E-state index < -0.39 is 23.8 Å². The van der Waals surface area contributed by atoms with Crippen LogP contribution in [-0.2, 0) is 14.3 Å². The third-order valence-corrected chi connectivity index (χ3v) is 1.39. The number of carboxylic acid groups (broad SMARTS) is 1. The predicted molar refractivity (Wildman–Crippen MR) is 52.7 cm³/mol. The van der Waals surface area contributed by atoms with Gasteiger partial charge in [0.15, 0.2) is 6.10 Å². The summed E-state index contributed by atoms with van der Waals surface area (Å²) in [4.78, 5) is 21.6. The van der Waals surface area contributed by atoms with Crippen molar-refractivity contribution in [2.45, 2.75) is 32.5 Å². The molecule has 6 heteroatoms. The zero-order valence-corrected chi connectivity index (χ0v) is 9.36. The monoisotopic (exact) mass is 219 g/mol. The van der Waals surface area contributed by atoms with Crippen LogP contribution in [0.2, 0.25) is 0 Å². The van der Waals surface area contributed by atoms with Gasteiger partial charge in [0.1, 0.15) is 5.60 Å². The van der Waals surface area contributed by atoms with Crippen LogP contribution in [0.4, 0.5) is 4.79 Å². The minimum absolute atomic E-state index is 0.124. The lowest BCUT2D eigenvalue weighted by Crippen LogP contribution is -2.40. The number of carbonyl (C=O) groups is 2. The van der Waals surface area contributed by atoms with Crippen molar-refractivity contribution in [1.29, 1.82) is 0 Å². The molecule has 15 heavy (non-hydrogen) atoms. The number of alkyl carbamates (subject to hydrolysis) is 1. The van der Waals surface area contributed by atoms with Crippen LogP contribution in [0.1, 0.15) is 20.8 Å². The van der Waals surface area contributed by atoms with E-state index >= 15 is 0 Å². The standard InChI is InChI=1S/C9H17NO5/c1-9(2,3)15-8(13)10-5-6(14-4)7(11)12/h6H,5H2,1-4H3,(H,10,13)(H,11,12). The van der Waals surface area contributed by atoms with E-state index in [2.05, 4.69) is 10.1 Å². The fourth-order valence-electron chi connectivity index (χ4n) is 0.762. The van der Waals surface area contributed by atoms with Gasteiger partial charge in [-0.05, 0) is 20.8 Å². The van der Waals surface area contributed by atoms with Gasteiger partial charge in [-0.1, -0.05) is 0 Å². The Morgan fingerprint density at radius 1 is 1.40 bits per heavy atom. The molecule has 0 aromatic heterocycles. The number of amides is 1. The second kappa shape index (κ2) is 5.55. The second-order valence-corrected chi connectivity index (χ2v) is 3.95. The first kappa shape index (κ1) is 13.7. The average Bonchev–Trinajstić information content (AvgIpc) is 2.01. The fraction of sp³-hybridized carbons (Fsp3) is 0.778. The van der Waals surface area contributed by atoms with Gasteiger partial charge in [-0.25, -0.2) is 9.59 Å². The molecule has 88 valence electrons. The molecule has 0 fully saturated rings. The Morgan fingerprint density at radius 2 is 1.93 bits per heavy atom. The number of nitrogens with one attached hydrogen (secondary N) is 1. The number of carboxylic acids is 1. The maximum atomic E-state index is 11.1. The van der Waals surface area contributed by atoms with E-state index in [1.165, 1.54) is 7.11 Å². The number of aliphatic carboxylic acids is 1. The lowest BCUT2D eigenvalue weighted by Gasteiger charge is -2.20. The molecule has 0 saturated heterocycles. The smallest absolute Gasteiger partial charge is 0.407 e. The molecule has 6 nitrogen and oxygen atoms in total. The minimum atomic E-state index is -1.13. The van der Waals surface area contributed by atoms with Gasteiger partial charge in [-0.15, -0.1) is 0 Å². The number of carbonyl (C=O) groups excluding carboxylic acids is 1. The lowest BCUT2D eigenvalue weighted by molar-refractivity contribution is -0.148. The van der Waals surface area contributed by atoms with Gasteiger partial charge >= 0.3 is 12.1 Å². The molecule has 0 spiro atoms. The Bertz CT molecular complexity index is 233. The van der Waals surface area contributed by atoms with E-state index in [0.717, 1.165) is 0 Å². The van der Waals surface area contributed by atoms with Gasteiger partial charge in [0.2, 0.25) is 0 Å². The molecule has 0 aliphatic rings. The van der Waals surface area contributed by atoms with Crippen LogP contribution in [0, 0.1) is 0 Å². The van der Waals surface area contributed by atoms with Crippen LogP contribution in [0.25, 0.3) is 0 Å². The summed E-state index contributed by atoms with van der Waals surface area (Å²) in [7, 11) is 1.26. The van der Waals surface area contributed by atoms with Crippen LogP contribution in [0.5, 0.6) is 0 Å². The van der Waals surface area contributed by atoms with Crippen molar-refractivity contribution in [3.63, 3.8) is 0 Å². The molecular formula is C9H17NO5. The normalized spacial score (nSPS) is 13.1. The zero-order valence-electron chi connectivity index (χ0n) is 9.36. The molecule has 0 aromatic rings. The van der Waals surface area contributed by atoms with Crippen LogP contribution in [0.3, 0.4) is 0 Å². The van der Waals surface area contributed by atoms with Gasteiger partial charge in [0.25, 0.3) is 0 Å². The molecule has 1 unspecified atom stereocenters. The second-order valence-electron chi connectivity index (χ2n) is 3.95. The molecule has 0 heterocycles. The van der Waals surface area contributed by atoms with Crippen molar-refractivity contribution in [3.05, 3.63) is 0 Å². The molecule has 2 N–H and O–H groups in total. The van der Waals surface area contributed by atoms with Crippen molar-refractivity contribution in [2.24, 2.45) is 0 Å². The summed E-state index contributed by atoms with van der Waals surface area (Å²) >= 11 is 0. The Labute approximate surface area is 88.6 Å². The largest absolute Gasteiger partial charge is 0.479 e. The van der Waals surface area contributed by atoms with E-state index in [4.69, 9.17) is 9.84 Å². The number of hydrogen-bond donors (Lipinski definition) is 2. The highest BCUT2D eigenvalue weighted by Gasteiger charge is 2.20. The molecule has 0 aliphatic heterocycles. The molecular weight excluding hydrogens is 202 g/mol. The maximum Gasteiger partial charge on any atom is 0.407 e. The highest BCUT2D eigenvalue weighted by molar-refractivity contribution is 5.74. The third kappa shape index (κ3) is 6.73. The summed E-state index contributed by atoms with van der Waals surface area (Å²) in [5.41, 5.74) is -0.601. The summed E-state index contributed by atoms with van der Waals surface area (Å²) in [6.07, 6.45) is -1.72. The summed E-state index contributed by atoms with van der Waals surface area (Å²) in [6, 6.07) is 0. The summed E-state index contributed by atoms with van der Waals surface area (Å²) in [6.45, 7) is 5.04. The highest BCUT2D eigenvalue weighted by Crippen LogP contribution is 2.06. The van der Waals surface area contributed by atoms with Crippen LogP contribution in [-0.4, -0.2) is 42.5 Å².